The molecule has 0 saturated carbocycles. The monoisotopic (exact) mass is 327 g/mol. The highest BCUT2D eigenvalue weighted by molar-refractivity contribution is 5.92. The molecule has 0 bridgehead atoms. The maximum Gasteiger partial charge on any atom is 0.277 e. The van der Waals surface area contributed by atoms with Gasteiger partial charge in [0.05, 0.1) is 17.0 Å². The minimum Gasteiger partial charge on any atom is -0.337 e. The zero-order valence-electron chi connectivity index (χ0n) is 12.6. The fourth-order valence-corrected chi connectivity index (χ4v) is 3.13. The van der Waals surface area contributed by atoms with E-state index in [1.165, 1.54) is 24.5 Å². The molecule has 1 fully saturated rings. The van der Waals surface area contributed by atoms with Gasteiger partial charge in [0.15, 0.2) is 0 Å². The third kappa shape index (κ3) is 2.41. The molecule has 122 valence electrons. The minimum atomic E-state index is -0.659. The van der Waals surface area contributed by atoms with E-state index in [0.717, 1.165) is 29.1 Å². The number of carbonyl (C=O) groups excluding carboxylic acids is 1. The van der Waals surface area contributed by atoms with E-state index in [4.69, 9.17) is 5.21 Å². The highest BCUT2D eigenvalue weighted by atomic mass is 19.1. The number of anilines is 1. The Kier molecular flexibility index (Phi) is 3.46. The van der Waals surface area contributed by atoms with E-state index < -0.39 is 5.91 Å². The van der Waals surface area contributed by atoms with Crippen LogP contribution in [0.4, 0.5) is 10.3 Å². The summed E-state index contributed by atoms with van der Waals surface area (Å²) in [7, 11) is 0. The average Bonchev–Trinajstić information content (AvgIpc) is 2.98. The predicted octanol–water partition coefficient (Wildman–Crippen LogP) is -0.202. The van der Waals surface area contributed by atoms with Gasteiger partial charge in [0.1, 0.15) is 5.82 Å². The van der Waals surface area contributed by atoms with Gasteiger partial charge >= 0.3 is 0 Å². The van der Waals surface area contributed by atoms with Crippen molar-refractivity contribution in [1.82, 2.24) is 15.4 Å². The molecule has 1 aromatic carbocycles. The Morgan fingerprint density at radius 2 is 2.12 bits per heavy atom. The smallest absolute Gasteiger partial charge is 0.277 e. The summed E-state index contributed by atoms with van der Waals surface area (Å²) in [6.07, 6.45) is 3.52. The Balaban J connectivity index is 1.65. The fraction of sp³-hybridized carbons (Fsp3) is 0.250. The number of amides is 1. The first-order valence-electron chi connectivity index (χ1n) is 7.53. The largest absolute Gasteiger partial charge is 0.337 e. The van der Waals surface area contributed by atoms with Crippen molar-refractivity contribution < 1.29 is 14.4 Å². The number of nitrogens with zero attached hydrogens (tertiary/aromatic N) is 4. The van der Waals surface area contributed by atoms with Crippen LogP contribution in [-0.4, -0.2) is 40.2 Å². The van der Waals surface area contributed by atoms with E-state index in [1.807, 2.05) is 4.90 Å². The lowest BCUT2D eigenvalue weighted by molar-refractivity contribution is 0.0705. The van der Waals surface area contributed by atoms with Gasteiger partial charge in [-0.3, -0.25) is 15.0 Å². The van der Waals surface area contributed by atoms with Gasteiger partial charge in [0.2, 0.25) is 5.95 Å². The van der Waals surface area contributed by atoms with E-state index in [0.29, 0.717) is 12.5 Å². The molecular weight excluding hydrogens is 313 g/mol. The molecule has 2 aliphatic rings. The first kappa shape index (κ1) is 14.7. The van der Waals surface area contributed by atoms with E-state index in [2.05, 4.69) is 15.0 Å². The highest BCUT2D eigenvalue weighted by Gasteiger charge is 2.28. The molecule has 24 heavy (non-hydrogen) atoms. The van der Waals surface area contributed by atoms with E-state index in [-0.39, 0.29) is 17.4 Å². The maximum atomic E-state index is 13.5. The van der Waals surface area contributed by atoms with Crippen LogP contribution >= 0.6 is 0 Å². The molecule has 0 aliphatic carbocycles. The van der Waals surface area contributed by atoms with Crippen molar-refractivity contribution in [3.8, 4) is 0 Å². The second-order valence-electron chi connectivity index (χ2n) is 5.75. The molecule has 1 atom stereocenters. The van der Waals surface area contributed by atoms with E-state index in [9.17, 15) is 9.18 Å². The molecule has 4 rings (SSSR count). The molecule has 3 heterocycles. The molecule has 2 aromatic rings. The van der Waals surface area contributed by atoms with Crippen molar-refractivity contribution in [2.24, 2.45) is 4.99 Å². The Hall–Kier alpha value is -2.87. The van der Waals surface area contributed by atoms with Gasteiger partial charge < -0.3 is 4.90 Å². The Labute approximate surface area is 136 Å². The van der Waals surface area contributed by atoms with Crippen LogP contribution in [0.1, 0.15) is 16.8 Å². The van der Waals surface area contributed by atoms with Gasteiger partial charge in [-0.2, -0.15) is 0 Å². The number of fused-ring (bicyclic) bond motifs is 2. The normalized spacial score (nSPS) is 18.7. The summed E-state index contributed by atoms with van der Waals surface area (Å²) in [5.41, 5.74) is 2.78. The molecule has 1 unspecified atom stereocenters. The summed E-state index contributed by atoms with van der Waals surface area (Å²) in [6, 6.07) is 4.73. The van der Waals surface area contributed by atoms with E-state index in [1.54, 1.807) is 11.5 Å². The molecule has 1 amide bonds. The molecule has 1 saturated heterocycles. The van der Waals surface area contributed by atoms with Crippen LogP contribution in [0.25, 0.3) is 5.57 Å². The summed E-state index contributed by atoms with van der Waals surface area (Å²) >= 11 is 0. The van der Waals surface area contributed by atoms with Crippen LogP contribution in [-0.2, 0) is 0 Å². The van der Waals surface area contributed by atoms with Crippen LogP contribution < -0.4 is 21.0 Å². The number of hydrogen-bond donors (Lipinski definition) is 2. The Morgan fingerprint density at radius 1 is 1.33 bits per heavy atom. The number of hydrogen-bond acceptors (Lipinski definition) is 6. The first-order valence-corrected chi connectivity index (χ1v) is 7.53. The third-order valence-corrected chi connectivity index (χ3v) is 4.32. The van der Waals surface area contributed by atoms with Crippen LogP contribution in [0.2, 0.25) is 0 Å². The summed E-state index contributed by atoms with van der Waals surface area (Å²) in [4.78, 5) is 26.3. The number of halogens is 1. The van der Waals surface area contributed by atoms with Crippen molar-refractivity contribution in [2.45, 2.75) is 12.5 Å². The van der Waals surface area contributed by atoms with Crippen molar-refractivity contribution in [3.05, 3.63) is 52.5 Å². The molecule has 2 N–H and O–H groups in total. The lowest BCUT2D eigenvalue weighted by Gasteiger charge is -2.31. The van der Waals surface area contributed by atoms with Gasteiger partial charge in [-0.1, -0.05) is 0 Å². The van der Waals surface area contributed by atoms with Crippen LogP contribution in [0, 0.1) is 5.82 Å². The molecule has 7 nitrogen and oxygen atoms in total. The summed E-state index contributed by atoms with van der Waals surface area (Å²) in [5, 5.41) is 10.3. The number of carbonyl (C=O) groups is 1. The quantitative estimate of drug-likeness (QED) is 0.589. The van der Waals surface area contributed by atoms with Crippen LogP contribution in [0.3, 0.4) is 0 Å². The molecule has 2 aliphatic heterocycles. The topological polar surface area (TPSA) is 90.7 Å². The first-order chi connectivity index (χ1) is 11.7. The number of benzene rings is 1. The fourth-order valence-electron chi connectivity index (χ4n) is 3.13. The van der Waals surface area contributed by atoms with Crippen molar-refractivity contribution in [1.29, 1.82) is 0 Å². The summed E-state index contributed by atoms with van der Waals surface area (Å²) in [6.45, 7) is 1.29. The predicted molar refractivity (Wildman–Crippen MR) is 82.5 cm³/mol. The summed E-state index contributed by atoms with van der Waals surface area (Å²) < 4.78 is 13.5. The third-order valence-electron chi connectivity index (χ3n) is 4.32. The maximum absolute atomic E-state index is 13.5. The standard InChI is InChI=1S/C16H14FN5O2/c17-10-1-2-13-11(5-10)12-8-22(4-3-14(12)20-13)16-18-6-9(7-19-16)15(23)21-24/h1-2,5-7,14,24H,3-4,8H2,(H,21,23). The highest BCUT2D eigenvalue weighted by Crippen LogP contribution is 2.23. The second-order valence-corrected chi connectivity index (χ2v) is 5.75. The van der Waals surface area contributed by atoms with Crippen molar-refractivity contribution in [3.63, 3.8) is 0 Å². The van der Waals surface area contributed by atoms with E-state index >= 15 is 0 Å². The Morgan fingerprint density at radius 3 is 2.88 bits per heavy atom. The number of piperidine rings is 1. The van der Waals surface area contributed by atoms with Crippen LogP contribution in [0.5, 0.6) is 0 Å². The van der Waals surface area contributed by atoms with Gasteiger partial charge in [-0.05, 0) is 30.2 Å². The SMILES string of the molecule is O=C(NO)c1cnc(N2CCC3N=c4ccc(F)cc4=C3C2)nc1. The molecular formula is C16H14FN5O2. The van der Waals surface area contributed by atoms with Crippen molar-refractivity contribution in [2.75, 3.05) is 18.0 Å². The number of aromatic nitrogens is 2. The van der Waals surface area contributed by atoms with Gasteiger partial charge in [0.25, 0.3) is 5.91 Å². The molecule has 0 spiro atoms. The van der Waals surface area contributed by atoms with Gasteiger partial charge in [0, 0.05) is 30.7 Å². The molecule has 1 aromatic heterocycles. The zero-order chi connectivity index (χ0) is 16.7. The van der Waals surface area contributed by atoms with Gasteiger partial charge in [-0.25, -0.2) is 19.8 Å². The lowest BCUT2D eigenvalue weighted by atomic mass is 9.99. The number of nitrogens with one attached hydrogen (secondary N) is 1. The van der Waals surface area contributed by atoms with Gasteiger partial charge in [-0.15, -0.1) is 0 Å². The minimum absolute atomic E-state index is 0.0810. The molecule has 8 heteroatoms. The zero-order valence-corrected chi connectivity index (χ0v) is 12.6. The summed E-state index contributed by atoms with van der Waals surface area (Å²) in [5.74, 6) is -0.446. The van der Waals surface area contributed by atoms with Crippen LogP contribution in [0.15, 0.2) is 35.6 Å². The lowest BCUT2D eigenvalue weighted by Crippen LogP contribution is -2.39. The number of rotatable bonds is 2. The van der Waals surface area contributed by atoms with Crippen molar-refractivity contribution >= 4 is 17.4 Å². The average molecular weight is 327 g/mol. The Bertz CT molecular complexity index is 928. The molecule has 0 radical (unpaired) electrons. The number of hydroxylamine groups is 1. The second kappa shape index (κ2) is 5.64.